The number of benzene rings is 2. The second-order valence-electron chi connectivity index (χ2n) is 6.62. The van der Waals surface area contributed by atoms with Crippen LogP contribution in [0.5, 0.6) is 11.5 Å². The molecule has 1 amide bonds. The highest BCUT2D eigenvalue weighted by Gasteiger charge is 2.10. The van der Waals surface area contributed by atoms with Crippen molar-refractivity contribution in [3.63, 3.8) is 0 Å². The molecule has 0 bridgehead atoms. The molecule has 1 aromatic heterocycles. The molecule has 0 spiro atoms. The van der Waals surface area contributed by atoms with Gasteiger partial charge < -0.3 is 14.8 Å². The van der Waals surface area contributed by atoms with Crippen molar-refractivity contribution in [1.82, 2.24) is 10.3 Å². The predicted molar refractivity (Wildman–Crippen MR) is 120 cm³/mol. The van der Waals surface area contributed by atoms with Gasteiger partial charge in [0.1, 0.15) is 23.1 Å². The van der Waals surface area contributed by atoms with Crippen molar-refractivity contribution >= 4 is 17.7 Å². The molecule has 6 heteroatoms. The van der Waals surface area contributed by atoms with E-state index < -0.39 is 0 Å². The number of ether oxygens (including phenoxy) is 2. The van der Waals surface area contributed by atoms with E-state index in [1.807, 2.05) is 60.9 Å². The minimum Gasteiger partial charge on any atom is -0.494 e. The molecule has 0 unspecified atom stereocenters. The van der Waals surface area contributed by atoms with Crippen LogP contribution >= 0.6 is 11.8 Å². The van der Waals surface area contributed by atoms with Gasteiger partial charge >= 0.3 is 0 Å². The molecule has 3 aromatic rings. The molecule has 3 rings (SSSR count). The number of carbonyl (C=O) groups is 1. The third-order valence-corrected chi connectivity index (χ3v) is 5.12. The van der Waals surface area contributed by atoms with Gasteiger partial charge in [0, 0.05) is 12.7 Å². The summed E-state index contributed by atoms with van der Waals surface area (Å²) in [5.74, 6) is 1.54. The molecule has 2 aromatic carbocycles. The number of unbranched alkanes of at least 4 members (excludes halogenated alkanes) is 1. The quantitative estimate of drug-likeness (QED) is 0.349. The Labute approximate surface area is 181 Å². The number of pyridine rings is 1. The van der Waals surface area contributed by atoms with E-state index in [4.69, 9.17) is 9.47 Å². The Hall–Kier alpha value is -2.99. The van der Waals surface area contributed by atoms with E-state index in [9.17, 15) is 4.79 Å². The first kappa shape index (κ1) is 21.7. The molecule has 30 heavy (non-hydrogen) atoms. The van der Waals surface area contributed by atoms with Gasteiger partial charge in [-0.25, -0.2) is 4.98 Å². The Morgan fingerprint density at radius 1 is 0.933 bits per heavy atom. The summed E-state index contributed by atoms with van der Waals surface area (Å²) in [6.07, 6.45) is 5.31. The van der Waals surface area contributed by atoms with Crippen LogP contribution in [0.3, 0.4) is 0 Å². The second-order valence-corrected chi connectivity index (χ2v) is 7.41. The Morgan fingerprint density at radius 2 is 1.67 bits per heavy atom. The zero-order chi connectivity index (χ0) is 21.0. The highest BCUT2D eigenvalue weighted by molar-refractivity contribution is 7.98. The van der Waals surface area contributed by atoms with Crippen molar-refractivity contribution in [2.75, 3.05) is 19.4 Å². The summed E-state index contributed by atoms with van der Waals surface area (Å²) < 4.78 is 11.5. The average molecular weight is 423 g/mol. The molecule has 0 fully saturated rings. The summed E-state index contributed by atoms with van der Waals surface area (Å²) in [5.41, 5.74) is 1.76. The largest absolute Gasteiger partial charge is 0.494 e. The Bertz CT molecular complexity index is 917. The number of amides is 1. The van der Waals surface area contributed by atoms with Crippen LogP contribution in [0, 0.1) is 0 Å². The van der Waals surface area contributed by atoms with E-state index in [1.54, 1.807) is 18.3 Å². The van der Waals surface area contributed by atoms with Crippen molar-refractivity contribution in [3.8, 4) is 11.5 Å². The topological polar surface area (TPSA) is 60.5 Å². The minimum atomic E-state index is -0.0838. The number of aromatic nitrogens is 1. The van der Waals surface area contributed by atoms with Crippen molar-refractivity contribution in [2.24, 2.45) is 0 Å². The van der Waals surface area contributed by atoms with Crippen LogP contribution in [0.15, 0.2) is 78.0 Å². The summed E-state index contributed by atoms with van der Waals surface area (Å²) in [7, 11) is 0. The fraction of sp³-hybridized carbons (Fsp3) is 0.250. The molecule has 0 aliphatic heterocycles. The van der Waals surface area contributed by atoms with Crippen molar-refractivity contribution in [1.29, 1.82) is 0 Å². The van der Waals surface area contributed by atoms with Gasteiger partial charge in [0.25, 0.3) is 5.91 Å². The Balaban J connectivity index is 1.31. The number of rotatable bonds is 11. The van der Waals surface area contributed by atoms with Crippen molar-refractivity contribution in [2.45, 2.75) is 24.5 Å². The Kier molecular flexibility index (Phi) is 8.60. The predicted octanol–water partition coefficient (Wildman–Crippen LogP) is 4.97. The molecule has 0 atom stereocenters. The van der Waals surface area contributed by atoms with Crippen LogP contribution in [0.4, 0.5) is 0 Å². The van der Waals surface area contributed by atoms with E-state index in [1.165, 1.54) is 11.8 Å². The van der Waals surface area contributed by atoms with E-state index >= 15 is 0 Å². The van der Waals surface area contributed by atoms with E-state index in [0.717, 1.165) is 34.9 Å². The van der Waals surface area contributed by atoms with Gasteiger partial charge in [-0.05, 0) is 61.1 Å². The lowest BCUT2D eigenvalue weighted by Gasteiger charge is -2.10. The molecule has 1 heterocycles. The summed E-state index contributed by atoms with van der Waals surface area (Å²) in [4.78, 5) is 16.5. The van der Waals surface area contributed by atoms with Crippen LogP contribution in [-0.4, -0.2) is 30.3 Å². The monoisotopic (exact) mass is 422 g/mol. The maximum absolute atomic E-state index is 12.2. The van der Waals surface area contributed by atoms with Crippen LogP contribution < -0.4 is 14.8 Å². The van der Waals surface area contributed by atoms with Gasteiger partial charge in [-0.1, -0.05) is 30.3 Å². The molecule has 0 aliphatic rings. The van der Waals surface area contributed by atoms with Gasteiger partial charge in [0.05, 0.1) is 12.2 Å². The molecule has 0 saturated carbocycles. The summed E-state index contributed by atoms with van der Waals surface area (Å²) in [6, 6.07) is 21.3. The number of hydrogen-bond donors (Lipinski definition) is 1. The normalized spacial score (nSPS) is 10.4. The van der Waals surface area contributed by atoms with Crippen molar-refractivity contribution < 1.29 is 14.3 Å². The second kappa shape index (κ2) is 11.9. The number of hydrogen-bond acceptors (Lipinski definition) is 5. The standard InChI is InChI=1S/C24H26N2O3S/c1-30-24-22(10-7-16-26-24)23(27)25-15-5-6-17-28-20-11-13-21(14-12-20)29-18-19-8-3-2-4-9-19/h2-4,7-14,16H,5-6,15,17-18H2,1H3,(H,25,27). The third-order valence-electron chi connectivity index (χ3n) is 4.41. The zero-order valence-corrected chi connectivity index (χ0v) is 17.9. The summed E-state index contributed by atoms with van der Waals surface area (Å²) >= 11 is 1.47. The molecule has 0 radical (unpaired) electrons. The lowest BCUT2D eigenvalue weighted by atomic mass is 10.2. The Morgan fingerprint density at radius 3 is 2.40 bits per heavy atom. The molecule has 0 saturated heterocycles. The van der Waals surface area contributed by atoms with Gasteiger partial charge in [0.15, 0.2) is 0 Å². The van der Waals surface area contributed by atoms with Gasteiger partial charge in [0.2, 0.25) is 0 Å². The first-order valence-corrected chi connectivity index (χ1v) is 11.2. The smallest absolute Gasteiger partial charge is 0.254 e. The van der Waals surface area contributed by atoms with E-state index in [-0.39, 0.29) is 5.91 Å². The summed E-state index contributed by atoms with van der Waals surface area (Å²) in [5, 5.41) is 3.69. The first-order valence-electron chi connectivity index (χ1n) is 9.93. The minimum absolute atomic E-state index is 0.0838. The number of nitrogens with one attached hydrogen (secondary N) is 1. The SMILES string of the molecule is CSc1ncccc1C(=O)NCCCCOc1ccc(OCc2ccccc2)cc1. The van der Waals surface area contributed by atoms with Crippen LogP contribution in [0.25, 0.3) is 0 Å². The first-order chi connectivity index (χ1) is 14.8. The lowest BCUT2D eigenvalue weighted by molar-refractivity contribution is 0.0948. The van der Waals surface area contributed by atoms with Crippen LogP contribution in [0.2, 0.25) is 0 Å². The average Bonchev–Trinajstić information content (AvgIpc) is 2.81. The maximum atomic E-state index is 12.2. The van der Waals surface area contributed by atoms with Crippen LogP contribution in [-0.2, 0) is 6.61 Å². The van der Waals surface area contributed by atoms with Gasteiger partial charge in [-0.15, -0.1) is 11.8 Å². The van der Waals surface area contributed by atoms with Gasteiger partial charge in [-0.2, -0.15) is 0 Å². The number of thioether (sulfide) groups is 1. The number of carbonyl (C=O) groups excluding carboxylic acids is 1. The molecule has 0 aliphatic carbocycles. The lowest BCUT2D eigenvalue weighted by Crippen LogP contribution is -2.25. The molecule has 156 valence electrons. The summed E-state index contributed by atoms with van der Waals surface area (Å²) in [6.45, 7) is 1.75. The van der Waals surface area contributed by atoms with Crippen molar-refractivity contribution in [3.05, 3.63) is 84.1 Å². The van der Waals surface area contributed by atoms with Crippen LogP contribution in [0.1, 0.15) is 28.8 Å². The molecule has 5 nitrogen and oxygen atoms in total. The molecular formula is C24H26N2O3S. The van der Waals surface area contributed by atoms with Gasteiger partial charge in [-0.3, -0.25) is 4.79 Å². The zero-order valence-electron chi connectivity index (χ0n) is 17.0. The molecule has 1 N–H and O–H groups in total. The highest BCUT2D eigenvalue weighted by Crippen LogP contribution is 2.19. The maximum Gasteiger partial charge on any atom is 0.254 e. The van der Waals surface area contributed by atoms with E-state index in [2.05, 4.69) is 10.3 Å². The number of nitrogens with zero attached hydrogens (tertiary/aromatic N) is 1. The third kappa shape index (κ3) is 6.81. The fourth-order valence-electron chi connectivity index (χ4n) is 2.81. The fourth-order valence-corrected chi connectivity index (χ4v) is 3.36. The molecular weight excluding hydrogens is 396 g/mol. The van der Waals surface area contributed by atoms with E-state index in [0.29, 0.717) is 25.3 Å². The highest BCUT2D eigenvalue weighted by atomic mass is 32.2.